The summed E-state index contributed by atoms with van der Waals surface area (Å²) < 4.78 is 40.4. The van der Waals surface area contributed by atoms with Crippen LogP contribution in [0.15, 0.2) is 42.5 Å². The van der Waals surface area contributed by atoms with Crippen LogP contribution >= 0.6 is 11.6 Å². The molecule has 1 N–H and O–H groups in total. The van der Waals surface area contributed by atoms with Crippen molar-refractivity contribution >= 4 is 17.3 Å². The van der Waals surface area contributed by atoms with Gasteiger partial charge in [-0.1, -0.05) is 29.8 Å². The highest BCUT2D eigenvalue weighted by molar-refractivity contribution is 6.31. The van der Waals surface area contributed by atoms with Crippen LogP contribution in [-0.2, 0) is 6.54 Å². The Balaban J connectivity index is 2.07. The molecule has 0 bridgehead atoms. The lowest BCUT2D eigenvalue weighted by atomic mass is 10.1. The monoisotopic (exact) mass is 315 g/mol. The molecule has 0 aliphatic carbocycles. The molecule has 0 aliphatic heterocycles. The summed E-state index contributed by atoms with van der Waals surface area (Å²) >= 11 is 6.01. The van der Waals surface area contributed by atoms with Crippen LogP contribution in [0.25, 0.3) is 0 Å². The molecule has 0 saturated carbocycles. The highest BCUT2D eigenvalue weighted by Gasteiger charge is 2.31. The predicted molar refractivity (Wildman–Crippen MR) is 76.6 cm³/mol. The molecule has 21 heavy (non-hydrogen) atoms. The van der Waals surface area contributed by atoms with E-state index in [9.17, 15) is 13.2 Å². The number of hydrogen-bond acceptors (Lipinski definition) is 2. The van der Waals surface area contributed by atoms with Crippen molar-refractivity contribution < 1.29 is 17.9 Å². The maximum absolute atomic E-state index is 12.2. The second kappa shape index (κ2) is 6.26. The van der Waals surface area contributed by atoms with Gasteiger partial charge in [0, 0.05) is 17.3 Å². The van der Waals surface area contributed by atoms with Gasteiger partial charge >= 0.3 is 6.36 Å². The zero-order valence-corrected chi connectivity index (χ0v) is 11.9. The van der Waals surface area contributed by atoms with E-state index in [-0.39, 0.29) is 5.75 Å². The minimum atomic E-state index is -4.68. The van der Waals surface area contributed by atoms with Gasteiger partial charge in [0.2, 0.25) is 0 Å². The topological polar surface area (TPSA) is 21.3 Å². The second-order valence-corrected chi connectivity index (χ2v) is 4.87. The Morgan fingerprint density at radius 3 is 2.57 bits per heavy atom. The van der Waals surface area contributed by atoms with Crippen LogP contribution in [0.1, 0.15) is 11.1 Å². The van der Waals surface area contributed by atoms with Crippen LogP contribution in [0.3, 0.4) is 0 Å². The van der Waals surface area contributed by atoms with E-state index >= 15 is 0 Å². The van der Waals surface area contributed by atoms with Gasteiger partial charge in [0.25, 0.3) is 0 Å². The number of rotatable bonds is 4. The molecule has 0 fully saturated rings. The van der Waals surface area contributed by atoms with Gasteiger partial charge in [0.15, 0.2) is 0 Å². The first kappa shape index (κ1) is 15.5. The molecule has 0 heterocycles. The Labute approximate surface area is 125 Å². The molecule has 2 rings (SSSR count). The molecule has 2 aromatic carbocycles. The van der Waals surface area contributed by atoms with Crippen LogP contribution < -0.4 is 10.1 Å². The van der Waals surface area contributed by atoms with Crippen molar-refractivity contribution in [2.75, 3.05) is 5.32 Å². The quantitative estimate of drug-likeness (QED) is 0.841. The standard InChI is InChI=1S/C15H13ClF3NO/c1-10-13(16)6-3-7-14(10)20-9-11-4-2-5-12(8-11)21-15(17,18)19/h2-8,20H,9H2,1H3. The Kier molecular flexibility index (Phi) is 4.63. The number of anilines is 1. The van der Waals surface area contributed by atoms with Gasteiger partial charge < -0.3 is 10.1 Å². The number of benzene rings is 2. The molecule has 0 unspecified atom stereocenters. The zero-order valence-electron chi connectivity index (χ0n) is 11.2. The second-order valence-electron chi connectivity index (χ2n) is 4.46. The first-order valence-electron chi connectivity index (χ1n) is 6.19. The zero-order chi connectivity index (χ0) is 15.5. The third-order valence-electron chi connectivity index (χ3n) is 2.88. The smallest absolute Gasteiger partial charge is 0.406 e. The third-order valence-corrected chi connectivity index (χ3v) is 3.29. The summed E-state index contributed by atoms with van der Waals surface area (Å²) in [5.41, 5.74) is 2.41. The van der Waals surface area contributed by atoms with Crippen molar-refractivity contribution in [1.29, 1.82) is 0 Å². The predicted octanol–water partition coefficient (Wildman–Crippen LogP) is 5.16. The van der Waals surface area contributed by atoms with Crippen LogP contribution in [-0.4, -0.2) is 6.36 Å². The Bertz CT molecular complexity index is 629. The fourth-order valence-electron chi connectivity index (χ4n) is 1.85. The number of alkyl halides is 3. The fourth-order valence-corrected chi connectivity index (χ4v) is 2.02. The van der Waals surface area contributed by atoms with Crippen LogP contribution in [0, 0.1) is 6.92 Å². The molecule has 6 heteroatoms. The number of nitrogens with one attached hydrogen (secondary N) is 1. The van der Waals surface area contributed by atoms with Crippen molar-refractivity contribution in [2.45, 2.75) is 19.8 Å². The molecule has 2 aromatic rings. The maximum atomic E-state index is 12.2. The van der Waals surface area contributed by atoms with Crippen LogP contribution in [0.4, 0.5) is 18.9 Å². The summed E-state index contributed by atoms with van der Waals surface area (Å²) in [6.07, 6.45) is -4.68. The van der Waals surface area contributed by atoms with Gasteiger partial charge in [-0.05, 0) is 42.3 Å². The summed E-state index contributed by atoms with van der Waals surface area (Å²) in [6, 6.07) is 11.3. The lowest BCUT2D eigenvalue weighted by Crippen LogP contribution is -2.17. The average Bonchev–Trinajstić information content (AvgIpc) is 2.39. The van der Waals surface area contributed by atoms with Gasteiger partial charge in [0.1, 0.15) is 5.75 Å². The van der Waals surface area contributed by atoms with E-state index in [1.165, 1.54) is 18.2 Å². The molecule has 112 valence electrons. The lowest BCUT2D eigenvalue weighted by molar-refractivity contribution is -0.274. The molecule has 0 saturated heterocycles. The SMILES string of the molecule is Cc1c(Cl)cccc1NCc1cccc(OC(F)(F)F)c1. The first-order chi connectivity index (χ1) is 9.85. The Morgan fingerprint density at radius 2 is 1.86 bits per heavy atom. The minimum Gasteiger partial charge on any atom is -0.406 e. The molecule has 0 aromatic heterocycles. The lowest BCUT2D eigenvalue weighted by Gasteiger charge is -2.12. The van der Waals surface area contributed by atoms with Crippen molar-refractivity contribution in [2.24, 2.45) is 0 Å². The number of halogens is 4. The van der Waals surface area contributed by atoms with E-state index in [4.69, 9.17) is 11.6 Å². The Hall–Kier alpha value is -1.88. The van der Waals surface area contributed by atoms with E-state index < -0.39 is 6.36 Å². The molecular weight excluding hydrogens is 303 g/mol. The molecule has 0 aliphatic rings. The van der Waals surface area contributed by atoms with E-state index in [1.54, 1.807) is 18.2 Å². The Morgan fingerprint density at radius 1 is 1.14 bits per heavy atom. The summed E-state index contributed by atoms with van der Waals surface area (Å²) in [5.74, 6) is -0.232. The van der Waals surface area contributed by atoms with Crippen LogP contribution in [0.2, 0.25) is 5.02 Å². The summed E-state index contributed by atoms with van der Waals surface area (Å²) in [6.45, 7) is 2.24. The molecule has 0 amide bonds. The van der Waals surface area contributed by atoms with E-state index in [0.717, 1.165) is 11.3 Å². The summed E-state index contributed by atoms with van der Waals surface area (Å²) in [4.78, 5) is 0. The first-order valence-corrected chi connectivity index (χ1v) is 6.56. The summed E-state index contributed by atoms with van der Waals surface area (Å²) in [7, 11) is 0. The maximum Gasteiger partial charge on any atom is 0.573 e. The normalized spacial score (nSPS) is 11.3. The van der Waals surface area contributed by atoms with Gasteiger partial charge in [-0.25, -0.2) is 0 Å². The van der Waals surface area contributed by atoms with E-state index in [0.29, 0.717) is 17.1 Å². The van der Waals surface area contributed by atoms with E-state index in [1.807, 2.05) is 13.0 Å². The molecule has 2 nitrogen and oxygen atoms in total. The highest BCUT2D eigenvalue weighted by Crippen LogP contribution is 2.25. The van der Waals surface area contributed by atoms with Crippen molar-refractivity contribution in [1.82, 2.24) is 0 Å². The summed E-state index contributed by atoms with van der Waals surface area (Å²) in [5, 5.41) is 3.77. The molecule has 0 atom stereocenters. The van der Waals surface area contributed by atoms with Gasteiger partial charge in [-0.2, -0.15) is 0 Å². The van der Waals surface area contributed by atoms with Crippen molar-refractivity contribution in [3.63, 3.8) is 0 Å². The average molecular weight is 316 g/mol. The third kappa shape index (κ3) is 4.56. The molecule has 0 spiro atoms. The van der Waals surface area contributed by atoms with Crippen LogP contribution in [0.5, 0.6) is 5.75 Å². The number of hydrogen-bond donors (Lipinski definition) is 1. The van der Waals surface area contributed by atoms with Gasteiger partial charge in [0.05, 0.1) is 0 Å². The number of ether oxygens (including phenoxy) is 1. The largest absolute Gasteiger partial charge is 0.573 e. The molecular formula is C15H13ClF3NO. The van der Waals surface area contributed by atoms with Crippen molar-refractivity contribution in [3.8, 4) is 5.75 Å². The minimum absolute atomic E-state index is 0.232. The van der Waals surface area contributed by atoms with Crippen molar-refractivity contribution in [3.05, 3.63) is 58.6 Å². The van der Waals surface area contributed by atoms with Gasteiger partial charge in [-0.3, -0.25) is 0 Å². The fraction of sp³-hybridized carbons (Fsp3) is 0.200. The highest BCUT2D eigenvalue weighted by atomic mass is 35.5. The van der Waals surface area contributed by atoms with Gasteiger partial charge in [-0.15, -0.1) is 13.2 Å². The van der Waals surface area contributed by atoms with E-state index in [2.05, 4.69) is 10.1 Å². The molecule has 0 radical (unpaired) electrons.